The van der Waals surface area contributed by atoms with Crippen LogP contribution in [0.2, 0.25) is 0 Å². The highest BCUT2D eigenvalue weighted by molar-refractivity contribution is 7.11. The van der Waals surface area contributed by atoms with Gasteiger partial charge in [0.25, 0.3) is 0 Å². The fourth-order valence-corrected chi connectivity index (χ4v) is 3.90. The monoisotopic (exact) mass is 562 g/mol. The van der Waals surface area contributed by atoms with Crippen LogP contribution in [0.5, 0.6) is 5.75 Å². The number of benzene rings is 1. The van der Waals surface area contributed by atoms with Crippen LogP contribution in [0.25, 0.3) is 0 Å². The number of nitrogens with zero attached hydrogens (tertiary/aromatic N) is 2. The van der Waals surface area contributed by atoms with Gasteiger partial charge in [-0.15, -0.1) is 11.3 Å². The lowest BCUT2D eigenvalue weighted by atomic mass is 10.1. The molecule has 1 fully saturated rings. The molecule has 2 heterocycles. The molecule has 15 heteroatoms. The van der Waals surface area contributed by atoms with E-state index in [1.807, 2.05) is 6.07 Å². The maximum atomic E-state index is 13.6. The van der Waals surface area contributed by atoms with Gasteiger partial charge in [0.2, 0.25) is 0 Å². The number of aliphatic carboxylic acids is 2. The molecule has 3 rings (SSSR count). The highest BCUT2D eigenvalue weighted by atomic mass is 32.1. The molecule has 1 aromatic carbocycles. The average molecular weight is 563 g/mol. The number of thiazole rings is 1. The van der Waals surface area contributed by atoms with Gasteiger partial charge in [0, 0.05) is 30.9 Å². The summed E-state index contributed by atoms with van der Waals surface area (Å²) in [4.78, 5) is 26.2. The number of rotatable bonds is 5. The van der Waals surface area contributed by atoms with E-state index in [9.17, 15) is 30.7 Å². The number of halogens is 7. The van der Waals surface area contributed by atoms with Gasteiger partial charge < -0.3 is 19.8 Å². The summed E-state index contributed by atoms with van der Waals surface area (Å²) in [6.07, 6.45) is -7.15. The van der Waals surface area contributed by atoms with Gasteiger partial charge in [0.1, 0.15) is 6.10 Å². The first-order valence-electron chi connectivity index (χ1n) is 10.7. The van der Waals surface area contributed by atoms with Crippen LogP contribution in [0.1, 0.15) is 28.4 Å². The lowest BCUT2D eigenvalue weighted by molar-refractivity contribution is -0.193. The molecule has 0 saturated carbocycles. The zero-order valence-electron chi connectivity index (χ0n) is 19.7. The minimum Gasteiger partial charge on any atom is -0.487 e. The normalized spacial score (nSPS) is 14.6. The molecular weight excluding hydrogens is 537 g/mol. The molecular formula is C22H25F7N2O5S. The number of carboxylic acids is 2. The Labute approximate surface area is 211 Å². The third-order valence-corrected chi connectivity index (χ3v) is 5.74. The Morgan fingerprint density at radius 1 is 1.03 bits per heavy atom. The van der Waals surface area contributed by atoms with Crippen molar-refractivity contribution in [2.24, 2.45) is 0 Å². The second-order valence-corrected chi connectivity index (χ2v) is 9.09. The number of alkyl halides is 6. The predicted octanol–water partition coefficient (Wildman–Crippen LogP) is 5.25. The first-order valence-corrected chi connectivity index (χ1v) is 11.5. The van der Waals surface area contributed by atoms with Crippen LogP contribution >= 0.6 is 11.3 Å². The molecule has 0 amide bonds. The number of hydrogen-bond acceptors (Lipinski definition) is 6. The summed E-state index contributed by atoms with van der Waals surface area (Å²) in [5.74, 6) is -5.41. The molecule has 7 nitrogen and oxygen atoms in total. The summed E-state index contributed by atoms with van der Waals surface area (Å²) in [5, 5.41) is 15.4. The molecule has 1 aromatic heterocycles. The molecule has 37 heavy (non-hydrogen) atoms. The number of piperidine rings is 1. The van der Waals surface area contributed by atoms with Crippen molar-refractivity contribution in [3.63, 3.8) is 0 Å². The van der Waals surface area contributed by atoms with E-state index in [-0.39, 0.29) is 11.9 Å². The maximum absolute atomic E-state index is 13.6. The Kier molecular flexibility index (Phi) is 12.2. The smallest absolute Gasteiger partial charge is 0.487 e. The summed E-state index contributed by atoms with van der Waals surface area (Å²) in [7, 11) is 0. The number of hydrogen-bond donors (Lipinski definition) is 2. The zero-order chi connectivity index (χ0) is 28.4. The number of ether oxygens (including phenoxy) is 1. The van der Waals surface area contributed by atoms with Crippen molar-refractivity contribution < 1.29 is 55.3 Å². The van der Waals surface area contributed by atoms with E-state index in [1.54, 1.807) is 23.5 Å². The quantitative estimate of drug-likeness (QED) is 0.480. The summed E-state index contributed by atoms with van der Waals surface area (Å²) in [5.41, 5.74) is 1.23. The minimum absolute atomic E-state index is 0.117. The molecule has 1 aliphatic heterocycles. The summed E-state index contributed by atoms with van der Waals surface area (Å²) in [6.45, 7) is 7.25. The number of para-hydroxylation sites is 1. The number of aryl methyl sites for hydroxylation is 2. The van der Waals surface area contributed by atoms with Crippen LogP contribution in [0.4, 0.5) is 30.7 Å². The molecule has 0 unspecified atom stereocenters. The summed E-state index contributed by atoms with van der Waals surface area (Å²) < 4.78 is 82.9. The second-order valence-electron chi connectivity index (χ2n) is 7.68. The molecule has 2 N–H and O–H groups in total. The van der Waals surface area contributed by atoms with Crippen LogP contribution in [0.15, 0.2) is 24.3 Å². The van der Waals surface area contributed by atoms with Crippen molar-refractivity contribution in [2.75, 3.05) is 19.6 Å². The maximum Gasteiger partial charge on any atom is 0.490 e. The lowest BCUT2D eigenvalue weighted by Gasteiger charge is -2.32. The van der Waals surface area contributed by atoms with Crippen LogP contribution in [-0.2, 0) is 16.0 Å². The van der Waals surface area contributed by atoms with Crippen molar-refractivity contribution in [1.29, 1.82) is 0 Å². The predicted molar refractivity (Wildman–Crippen MR) is 119 cm³/mol. The van der Waals surface area contributed by atoms with Crippen molar-refractivity contribution in [2.45, 2.75) is 51.6 Å². The van der Waals surface area contributed by atoms with Crippen molar-refractivity contribution in [1.82, 2.24) is 9.88 Å². The van der Waals surface area contributed by atoms with Crippen molar-refractivity contribution in [3.8, 4) is 5.75 Å². The number of carbonyl (C=O) groups is 2. The van der Waals surface area contributed by atoms with Crippen LogP contribution in [0, 0.1) is 19.7 Å². The van der Waals surface area contributed by atoms with E-state index in [2.05, 4.69) is 23.7 Å². The van der Waals surface area contributed by atoms with Gasteiger partial charge in [-0.05, 0) is 38.8 Å². The molecule has 208 valence electrons. The van der Waals surface area contributed by atoms with E-state index >= 15 is 0 Å². The minimum atomic E-state index is -5.08. The SMILES string of the molecule is Cc1nc(CCN2CCC(Oc3ccccc3F)CC2)c(C)s1.O=C(O)C(F)(F)F.O=C(O)C(F)(F)F. The average Bonchev–Trinajstić information content (AvgIpc) is 3.11. The Morgan fingerprint density at radius 3 is 1.92 bits per heavy atom. The topological polar surface area (TPSA) is 100.0 Å². The molecule has 1 saturated heterocycles. The van der Waals surface area contributed by atoms with Gasteiger partial charge in [0.05, 0.1) is 10.7 Å². The molecule has 0 radical (unpaired) electrons. The van der Waals surface area contributed by atoms with E-state index in [0.29, 0.717) is 5.75 Å². The third-order valence-electron chi connectivity index (χ3n) is 4.81. The van der Waals surface area contributed by atoms with Crippen molar-refractivity contribution in [3.05, 3.63) is 45.7 Å². The number of aromatic nitrogens is 1. The van der Waals surface area contributed by atoms with E-state index in [4.69, 9.17) is 24.5 Å². The molecule has 2 aromatic rings. The van der Waals surface area contributed by atoms with Crippen molar-refractivity contribution >= 4 is 23.3 Å². The first-order chi connectivity index (χ1) is 17.0. The molecule has 0 spiro atoms. The fraction of sp³-hybridized carbons (Fsp3) is 0.500. The number of likely N-dealkylation sites (tertiary alicyclic amines) is 1. The molecule has 0 aliphatic carbocycles. The Hall–Kier alpha value is -2.94. The van der Waals surface area contributed by atoms with E-state index in [0.717, 1.165) is 43.9 Å². The lowest BCUT2D eigenvalue weighted by Crippen LogP contribution is -2.39. The highest BCUT2D eigenvalue weighted by Gasteiger charge is 2.38. The van der Waals surface area contributed by atoms with Gasteiger partial charge >= 0.3 is 24.3 Å². The highest BCUT2D eigenvalue weighted by Crippen LogP contribution is 2.22. The molecule has 0 atom stereocenters. The first kappa shape index (κ1) is 32.1. The second kappa shape index (κ2) is 14.1. The van der Waals surface area contributed by atoms with Gasteiger partial charge in [-0.25, -0.2) is 19.0 Å². The Bertz CT molecular complexity index is 996. The summed E-state index contributed by atoms with van der Waals surface area (Å²) >= 11 is 1.77. The third kappa shape index (κ3) is 12.2. The largest absolute Gasteiger partial charge is 0.490 e. The van der Waals surface area contributed by atoms with Crippen LogP contribution in [-0.4, -0.2) is 70.1 Å². The summed E-state index contributed by atoms with van der Waals surface area (Å²) in [6, 6.07) is 6.65. The van der Waals surface area contributed by atoms with E-state index in [1.165, 1.54) is 16.6 Å². The van der Waals surface area contributed by atoms with Gasteiger partial charge in [0.15, 0.2) is 11.6 Å². The van der Waals surface area contributed by atoms with Crippen LogP contribution in [0.3, 0.4) is 0 Å². The van der Waals surface area contributed by atoms with E-state index < -0.39 is 24.3 Å². The van der Waals surface area contributed by atoms with Gasteiger partial charge in [-0.3, -0.25) is 0 Å². The zero-order valence-corrected chi connectivity index (χ0v) is 20.5. The van der Waals surface area contributed by atoms with Gasteiger partial charge in [-0.1, -0.05) is 12.1 Å². The molecule has 0 bridgehead atoms. The Balaban J connectivity index is 0.000000404. The number of carboxylic acid groups (broad SMARTS) is 2. The Morgan fingerprint density at radius 2 is 1.51 bits per heavy atom. The molecule has 1 aliphatic rings. The fourth-order valence-electron chi connectivity index (χ4n) is 3.04. The standard InChI is InChI=1S/C18H23FN2OS.2C2HF3O2/c1-13-17(20-14(2)23-13)9-12-21-10-7-15(8-11-21)22-18-6-4-3-5-16(18)19;2*3-2(4,5)1(6)7/h3-6,15H,7-12H2,1-2H3;2*(H,6,7). The van der Waals surface area contributed by atoms with Gasteiger partial charge in [-0.2, -0.15) is 26.3 Å². The van der Waals surface area contributed by atoms with Crippen LogP contribution < -0.4 is 4.74 Å².